The zero-order valence-corrected chi connectivity index (χ0v) is 21.4. The number of unbranched alkanes of at least 4 members (excludes halogenated alkanes) is 9. The Morgan fingerprint density at radius 3 is 1.41 bits per heavy atom. The third kappa shape index (κ3) is 13.3. The molecule has 4 heteroatoms. The van der Waals surface area contributed by atoms with E-state index in [1.807, 2.05) is 0 Å². The maximum absolute atomic E-state index is 12.7. The van der Waals surface area contributed by atoms with E-state index >= 15 is 0 Å². The van der Waals surface area contributed by atoms with Gasteiger partial charge in [0.2, 0.25) is 0 Å². The minimum atomic E-state index is -2.21. The third-order valence-corrected chi connectivity index (χ3v) is 15.0. The second-order valence-corrected chi connectivity index (χ2v) is 19.9. The SMILES string of the molecule is CCCCCCP(Br)(CCCCCC)(CCCCCC)CC(=O)OCCC. The van der Waals surface area contributed by atoms with Gasteiger partial charge in [0, 0.05) is 0 Å². The first kappa shape index (κ1) is 27.4. The number of hydrogen-bond acceptors (Lipinski definition) is 2. The monoisotopic (exact) mass is 466 g/mol. The average Bonchev–Trinajstić information content (AvgIpc) is 2.65. The predicted octanol–water partition coefficient (Wildman–Crippen LogP) is 8.54. The Morgan fingerprint density at radius 1 is 0.667 bits per heavy atom. The van der Waals surface area contributed by atoms with Crippen LogP contribution in [0.4, 0.5) is 0 Å². The Balaban J connectivity index is 5.19. The molecule has 0 rings (SSSR count). The van der Waals surface area contributed by atoms with Crippen molar-refractivity contribution >= 4 is 26.8 Å². The first-order valence-electron chi connectivity index (χ1n) is 11.8. The van der Waals surface area contributed by atoms with E-state index in [9.17, 15) is 4.79 Å². The van der Waals surface area contributed by atoms with Crippen LogP contribution in [0.2, 0.25) is 0 Å². The first-order chi connectivity index (χ1) is 12.9. The summed E-state index contributed by atoms with van der Waals surface area (Å²) in [5.74, 6) is 0.0490. The van der Waals surface area contributed by atoms with Crippen molar-refractivity contribution in [2.24, 2.45) is 0 Å². The van der Waals surface area contributed by atoms with Crippen molar-refractivity contribution in [3.05, 3.63) is 0 Å². The van der Waals surface area contributed by atoms with Gasteiger partial charge in [-0.05, 0) is 0 Å². The van der Waals surface area contributed by atoms with E-state index in [0.29, 0.717) is 12.8 Å². The van der Waals surface area contributed by atoms with Gasteiger partial charge in [0.05, 0.1) is 0 Å². The molecule has 0 saturated heterocycles. The normalized spacial score (nSPS) is 13.3. The summed E-state index contributed by atoms with van der Waals surface area (Å²) in [5, 5.41) is -2.21. The van der Waals surface area contributed by atoms with Gasteiger partial charge >= 0.3 is 179 Å². The van der Waals surface area contributed by atoms with Gasteiger partial charge in [0.1, 0.15) is 0 Å². The Labute approximate surface area is 178 Å². The quantitative estimate of drug-likeness (QED) is 0.108. The fourth-order valence-electron chi connectivity index (χ4n) is 3.96. The van der Waals surface area contributed by atoms with Crippen LogP contribution < -0.4 is 0 Å². The Kier molecular flexibility index (Phi) is 16.4. The van der Waals surface area contributed by atoms with Gasteiger partial charge in [-0.25, -0.2) is 0 Å². The van der Waals surface area contributed by atoms with Gasteiger partial charge < -0.3 is 0 Å². The van der Waals surface area contributed by atoms with Crippen LogP contribution in [0.15, 0.2) is 0 Å². The molecule has 27 heavy (non-hydrogen) atoms. The fraction of sp³-hybridized carbons (Fsp3) is 0.957. The van der Waals surface area contributed by atoms with Crippen molar-refractivity contribution in [1.29, 1.82) is 0 Å². The molecule has 0 aromatic heterocycles. The Morgan fingerprint density at radius 2 is 1.07 bits per heavy atom. The molecular weight excluding hydrogens is 419 g/mol. The molecule has 0 aromatic carbocycles. The van der Waals surface area contributed by atoms with E-state index in [0.717, 1.165) is 6.42 Å². The standard InChI is InChI=1S/C23H48BrO2P/c1-5-9-12-15-19-27(24,20-16-13-10-6-2,21-17-14-11-7-3)22-23(25)26-18-8-4/h5-22H2,1-4H3. The van der Waals surface area contributed by atoms with E-state index < -0.39 is 5.31 Å². The average molecular weight is 468 g/mol. The van der Waals surface area contributed by atoms with E-state index in [4.69, 9.17) is 4.74 Å². The fourth-order valence-corrected chi connectivity index (χ4v) is 11.8. The molecule has 0 saturated carbocycles. The van der Waals surface area contributed by atoms with Crippen molar-refractivity contribution in [2.75, 3.05) is 31.3 Å². The van der Waals surface area contributed by atoms with Crippen molar-refractivity contribution in [2.45, 2.75) is 111 Å². The van der Waals surface area contributed by atoms with Gasteiger partial charge in [-0.1, -0.05) is 0 Å². The number of carbonyl (C=O) groups excluding carboxylic acids is 1. The molecule has 0 bridgehead atoms. The summed E-state index contributed by atoms with van der Waals surface area (Å²) in [7, 11) is 0. The summed E-state index contributed by atoms with van der Waals surface area (Å²) in [6.07, 6.45) is 20.7. The summed E-state index contributed by atoms with van der Waals surface area (Å²) in [6.45, 7) is 9.45. The predicted molar refractivity (Wildman–Crippen MR) is 129 cm³/mol. The summed E-state index contributed by atoms with van der Waals surface area (Å²) >= 11 is 4.37. The van der Waals surface area contributed by atoms with Crippen LogP contribution >= 0.6 is 20.8 Å². The summed E-state index contributed by atoms with van der Waals surface area (Å²) < 4.78 is 5.56. The molecule has 0 aliphatic heterocycles. The zero-order chi connectivity index (χ0) is 20.5. The minimum absolute atomic E-state index is 0.0490. The van der Waals surface area contributed by atoms with Crippen LogP contribution in [0.25, 0.3) is 0 Å². The first-order valence-corrected chi connectivity index (χ1v) is 16.8. The van der Waals surface area contributed by atoms with Gasteiger partial charge in [-0.2, -0.15) is 0 Å². The number of hydrogen-bond donors (Lipinski definition) is 0. The molecule has 164 valence electrons. The molecule has 0 fully saturated rings. The second-order valence-electron chi connectivity index (χ2n) is 8.55. The Hall–Kier alpha value is 0.380. The van der Waals surface area contributed by atoms with Crippen molar-refractivity contribution in [3.8, 4) is 0 Å². The van der Waals surface area contributed by atoms with E-state index in [1.54, 1.807) is 0 Å². The number of esters is 1. The molecule has 0 radical (unpaired) electrons. The van der Waals surface area contributed by atoms with Crippen LogP contribution in [0.3, 0.4) is 0 Å². The van der Waals surface area contributed by atoms with Crippen molar-refractivity contribution in [3.63, 3.8) is 0 Å². The summed E-state index contributed by atoms with van der Waals surface area (Å²) in [4.78, 5) is 12.7. The van der Waals surface area contributed by atoms with E-state index in [1.165, 1.54) is 95.5 Å². The molecule has 0 atom stereocenters. The number of ether oxygens (including phenoxy) is 1. The molecule has 0 spiro atoms. The Bertz CT molecular complexity index is 339. The van der Waals surface area contributed by atoms with Crippen LogP contribution in [-0.2, 0) is 9.53 Å². The van der Waals surface area contributed by atoms with E-state index in [-0.39, 0.29) is 5.97 Å². The second kappa shape index (κ2) is 16.2. The van der Waals surface area contributed by atoms with Gasteiger partial charge in [-0.15, -0.1) is 0 Å². The number of rotatable bonds is 19. The zero-order valence-electron chi connectivity index (χ0n) is 18.9. The number of halogens is 1. The van der Waals surface area contributed by atoms with Gasteiger partial charge in [0.15, 0.2) is 0 Å². The molecule has 2 nitrogen and oxygen atoms in total. The molecule has 0 heterocycles. The molecule has 0 aromatic rings. The molecular formula is C23H48BrO2P. The molecule has 0 aliphatic carbocycles. The van der Waals surface area contributed by atoms with Gasteiger partial charge in [-0.3, -0.25) is 0 Å². The van der Waals surface area contributed by atoms with Crippen LogP contribution in [0.5, 0.6) is 0 Å². The molecule has 0 aliphatic rings. The van der Waals surface area contributed by atoms with Crippen molar-refractivity contribution in [1.82, 2.24) is 0 Å². The van der Waals surface area contributed by atoms with Gasteiger partial charge in [0.25, 0.3) is 0 Å². The van der Waals surface area contributed by atoms with Crippen molar-refractivity contribution < 1.29 is 9.53 Å². The van der Waals surface area contributed by atoms with E-state index in [2.05, 4.69) is 43.2 Å². The molecule has 0 unspecified atom stereocenters. The van der Waals surface area contributed by atoms with Crippen LogP contribution in [-0.4, -0.2) is 37.2 Å². The maximum atomic E-state index is 12.7. The van der Waals surface area contributed by atoms with Crippen LogP contribution in [0, 0.1) is 0 Å². The third-order valence-electron chi connectivity index (χ3n) is 5.70. The summed E-state index contributed by atoms with van der Waals surface area (Å²) in [5.41, 5.74) is 0. The molecule has 0 amide bonds. The van der Waals surface area contributed by atoms with Crippen LogP contribution in [0.1, 0.15) is 111 Å². The topological polar surface area (TPSA) is 26.3 Å². The molecule has 0 N–H and O–H groups in total. The number of carbonyl (C=O) groups is 1. The summed E-state index contributed by atoms with van der Waals surface area (Å²) in [6, 6.07) is 0.